The lowest BCUT2D eigenvalue weighted by molar-refractivity contribution is -0.309. The first-order valence-corrected chi connectivity index (χ1v) is 9.21. The van der Waals surface area contributed by atoms with Gasteiger partial charge in [0, 0.05) is 6.08 Å². The van der Waals surface area contributed by atoms with Crippen LogP contribution in [0.15, 0.2) is 70.4 Å². The highest BCUT2D eigenvalue weighted by Crippen LogP contribution is 2.34. The van der Waals surface area contributed by atoms with E-state index in [0.717, 1.165) is 22.1 Å². The number of aromatic hydroxyl groups is 1. The van der Waals surface area contributed by atoms with E-state index < -0.39 is 12.0 Å². The maximum Gasteiger partial charge on any atom is 0.211 e. The summed E-state index contributed by atoms with van der Waals surface area (Å²) < 4.78 is 1.40. The molecule has 4 rings (SSSR count). The van der Waals surface area contributed by atoms with Crippen molar-refractivity contribution in [2.45, 2.75) is 6.04 Å². The van der Waals surface area contributed by atoms with Crippen LogP contribution in [0.2, 0.25) is 0 Å². The molecule has 27 heavy (non-hydrogen) atoms. The lowest BCUT2D eigenvalue weighted by Gasteiger charge is -2.21. The van der Waals surface area contributed by atoms with Crippen LogP contribution >= 0.6 is 23.6 Å². The number of hydrogen-bond donors (Lipinski definition) is 1. The normalized spacial score (nSPS) is 13.4. The van der Waals surface area contributed by atoms with E-state index in [0.29, 0.717) is 16.3 Å². The van der Waals surface area contributed by atoms with E-state index in [4.69, 9.17) is 12.2 Å². The van der Waals surface area contributed by atoms with Crippen LogP contribution < -0.4 is 15.8 Å². The number of rotatable bonds is 4. The van der Waals surface area contributed by atoms with Crippen molar-refractivity contribution in [1.29, 1.82) is 0 Å². The maximum absolute atomic E-state index is 11.8. The molecule has 0 bridgehead atoms. The summed E-state index contributed by atoms with van der Waals surface area (Å²) in [5.74, 6) is -1.19. The number of thiazole rings is 1. The van der Waals surface area contributed by atoms with Crippen molar-refractivity contribution in [3.05, 3.63) is 85.5 Å². The third-order valence-electron chi connectivity index (χ3n) is 4.05. The van der Waals surface area contributed by atoms with Crippen molar-refractivity contribution in [1.82, 2.24) is 4.57 Å². The van der Waals surface area contributed by atoms with Gasteiger partial charge < -0.3 is 15.0 Å². The van der Waals surface area contributed by atoms with Crippen molar-refractivity contribution in [2.75, 3.05) is 0 Å². The molecule has 1 aliphatic heterocycles. The Morgan fingerprint density at radius 2 is 1.70 bits per heavy atom. The van der Waals surface area contributed by atoms with Gasteiger partial charge in [0.05, 0.1) is 21.6 Å². The van der Waals surface area contributed by atoms with Crippen molar-refractivity contribution in [2.24, 2.45) is 9.98 Å². The average Bonchev–Trinajstić information content (AvgIpc) is 3.18. The standard InChI is InChI=1S/C19H13N3O3S2/c23-17-14(10-15-20-12-8-4-5-9-13(12)21-15)27-19(26)22(17)16(18(24)25)11-6-2-1-3-7-11/h1-10,16,23H,(H,24,25)/p-1/t16-/m1/s1. The molecular formula is C19H12N3O3S2-. The summed E-state index contributed by atoms with van der Waals surface area (Å²) in [6, 6.07) is 14.7. The van der Waals surface area contributed by atoms with E-state index in [1.807, 2.05) is 24.3 Å². The molecule has 1 aromatic heterocycles. The second-order valence-electron chi connectivity index (χ2n) is 5.77. The average molecular weight is 394 g/mol. The first-order valence-electron chi connectivity index (χ1n) is 7.99. The molecule has 3 aromatic rings. The van der Waals surface area contributed by atoms with Gasteiger partial charge in [0.1, 0.15) is 6.04 Å². The molecule has 1 N–H and O–H groups in total. The zero-order valence-electron chi connectivity index (χ0n) is 13.8. The van der Waals surface area contributed by atoms with Gasteiger partial charge in [0.2, 0.25) is 5.88 Å². The maximum atomic E-state index is 11.8. The Kier molecular flexibility index (Phi) is 4.43. The molecule has 0 saturated carbocycles. The van der Waals surface area contributed by atoms with Gasteiger partial charge in [-0.2, -0.15) is 0 Å². The Morgan fingerprint density at radius 1 is 1.11 bits per heavy atom. The van der Waals surface area contributed by atoms with Gasteiger partial charge in [0.25, 0.3) is 0 Å². The van der Waals surface area contributed by atoms with Crippen molar-refractivity contribution in [3.63, 3.8) is 0 Å². The number of carboxylic acids is 1. The van der Waals surface area contributed by atoms with Gasteiger partial charge in [0.15, 0.2) is 9.78 Å². The molecule has 0 spiro atoms. The molecule has 1 atom stereocenters. The number of para-hydroxylation sites is 2. The molecule has 0 aliphatic carbocycles. The number of nitrogens with zero attached hydrogens (tertiary/aromatic N) is 3. The molecule has 6 nitrogen and oxygen atoms in total. The molecule has 0 saturated heterocycles. The van der Waals surface area contributed by atoms with Crippen LogP contribution in [0, 0.1) is 3.95 Å². The van der Waals surface area contributed by atoms with Gasteiger partial charge in [-0.25, -0.2) is 9.98 Å². The van der Waals surface area contributed by atoms with Gasteiger partial charge in [-0.3, -0.25) is 4.57 Å². The molecule has 0 radical (unpaired) electrons. The Labute approximate surface area is 162 Å². The zero-order valence-corrected chi connectivity index (χ0v) is 15.4. The Morgan fingerprint density at radius 3 is 2.30 bits per heavy atom. The molecule has 2 heterocycles. The number of carbonyl (C=O) groups is 1. The van der Waals surface area contributed by atoms with E-state index in [1.165, 1.54) is 4.57 Å². The summed E-state index contributed by atoms with van der Waals surface area (Å²) in [5.41, 5.74) is 0.462. The first-order chi connectivity index (χ1) is 13.0. The fraction of sp³-hybridized carbons (Fsp3) is 0.0526. The summed E-state index contributed by atoms with van der Waals surface area (Å²) in [7, 11) is 0. The summed E-state index contributed by atoms with van der Waals surface area (Å²) in [4.78, 5) is 20.9. The van der Waals surface area contributed by atoms with Crippen LogP contribution in [0.1, 0.15) is 16.5 Å². The molecule has 0 fully saturated rings. The van der Waals surface area contributed by atoms with Crippen LogP contribution in [-0.2, 0) is 4.79 Å². The summed E-state index contributed by atoms with van der Waals surface area (Å²) in [5, 5.41) is 23.9. The minimum absolute atomic E-state index is 0.216. The Hall–Kier alpha value is -3.10. The Bertz CT molecular complexity index is 1210. The fourth-order valence-corrected chi connectivity index (χ4v) is 4.14. The largest absolute Gasteiger partial charge is 0.547 e. The van der Waals surface area contributed by atoms with Gasteiger partial charge in [-0.1, -0.05) is 42.5 Å². The second-order valence-corrected chi connectivity index (χ2v) is 7.45. The number of carboxylic acid groups (broad SMARTS) is 1. The monoisotopic (exact) mass is 394 g/mol. The quantitative estimate of drug-likeness (QED) is 0.680. The highest BCUT2D eigenvalue weighted by molar-refractivity contribution is 7.73. The smallest absolute Gasteiger partial charge is 0.211 e. The predicted octanol–water partition coefficient (Wildman–Crippen LogP) is 1.58. The molecule has 2 aromatic carbocycles. The lowest BCUT2D eigenvalue weighted by Crippen LogP contribution is -2.34. The third kappa shape index (κ3) is 3.20. The molecule has 0 amide bonds. The number of benzene rings is 2. The number of fused-ring (bicyclic) bond motifs is 1. The summed E-state index contributed by atoms with van der Waals surface area (Å²) in [6.45, 7) is 0. The van der Waals surface area contributed by atoms with Crippen LogP contribution in [0.3, 0.4) is 0 Å². The van der Waals surface area contributed by atoms with E-state index in [1.54, 1.807) is 36.4 Å². The number of hydrogen-bond acceptors (Lipinski definition) is 7. The Balaban J connectivity index is 1.81. The third-order valence-corrected chi connectivity index (χ3v) is 5.39. The van der Waals surface area contributed by atoms with Gasteiger partial charge >= 0.3 is 0 Å². The number of aliphatic carboxylic acids is 1. The minimum atomic E-state index is -1.35. The van der Waals surface area contributed by atoms with Gasteiger partial charge in [-0.15, -0.1) is 11.3 Å². The highest BCUT2D eigenvalue weighted by Gasteiger charge is 2.22. The van der Waals surface area contributed by atoms with Crippen LogP contribution in [-0.4, -0.2) is 15.6 Å². The SMILES string of the molecule is O=C([O-])[C@@H](c1ccccc1)n1c(O)c(C=C2N=c3ccccc3=N2)sc1=S. The van der Waals surface area contributed by atoms with Gasteiger partial charge in [-0.05, 0) is 29.9 Å². The minimum Gasteiger partial charge on any atom is -0.547 e. The van der Waals surface area contributed by atoms with Crippen LogP contribution in [0.4, 0.5) is 0 Å². The van der Waals surface area contributed by atoms with Crippen molar-refractivity contribution < 1.29 is 15.0 Å². The zero-order chi connectivity index (χ0) is 19.0. The molecule has 0 unspecified atom stereocenters. The van der Waals surface area contributed by atoms with Crippen LogP contribution in [0.25, 0.3) is 6.08 Å². The van der Waals surface area contributed by atoms with Crippen LogP contribution in [0.5, 0.6) is 5.88 Å². The summed E-state index contributed by atoms with van der Waals surface area (Å²) in [6.07, 6.45) is 1.59. The molecule has 134 valence electrons. The number of aromatic nitrogens is 1. The van der Waals surface area contributed by atoms with E-state index >= 15 is 0 Å². The number of carbonyl (C=O) groups excluding carboxylic acids is 1. The topological polar surface area (TPSA) is 90.0 Å². The fourth-order valence-electron chi connectivity index (χ4n) is 2.85. The highest BCUT2D eigenvalue weighted by atomic mass is 32.1. The van der Waals surface area contributed by atoms with E-state index in [2.05, 4.69) is 9.98 Å². The predicted molar refractivity (Wildman–Crippen MR) is 101 cm³/mol. The molecule has 1 aliphatic rings. The van der Waals surface area contributed by atoms with Crippen molar-refractivity contribution in [3.8, 4) is 5.88 Å². The van der Waals surface area contributed by atoms with E-state index in [-0.39, 0.29) is 9.83 Å². The first kappa shape index (κ1) is 17.3. The van der Waals surface area contributed by atoms with E-state index in [9.17, 15) is 15.0 Å². The van der Waals surface area contributed by atoms with Crippen molar-refractivity contribution >= 4 is 35.6 Å². The lowest BCUT2D eigenvalue weighted by atomic mass is 10.1. The summed E-state index contributed by atoms with van der Waals surface area (Å²) >= 11 is 6.39. The second kappa shape index (κ2) is 6.90. The molecule has 8 heteroatoms. The molecular weight excluding hydrogens is 382 g/mol.